The second kappa shape index (κ2) is 6.01. The zero-order valence-corrected chi connectivity index (χ0v) is 11.5. The lowest BCUT2D eigenvalue weighted by Gasteiger charge is -2.07. The lowest BCUT2D eigenvalue weighted by molar-refractivity contribution is 0.0697. The van der Waals surface area contributed by atoms with Gasteiger partial charge in [0.2, 0.25) is 0 Å². The minimum absolute atomic E-state index is 0.225. The molecule has 2 heterocycles. The summed E-state index contributed by atoms with van der Waals surface area (Å²) in [5.41, 5.74) is 2.57. The highest BCUT2D eigenvalue weighted by Gasteiger charge is 2.04. The molecule has 108 valence electrons. The number of aromatic nitrogens is 3. The average Bonchev–Trinajstić information content (AvgIpc) is 2.56. The molecule has 0 bridgehead atoms. The van der Waals surface area contributed by atoms with Crippen LogP contribution in [0.4, 0.5) is 11.5 Å². The van der Waals surface area contributed by atoms with Crippen molar-refractivity contribution in [3.8, 4) is 11.3 Å². The summed E-state index contributed by atoms with van der Waals surface area (Å²) in [6.07, 6.45) is 4.86. The van der Waals surface area contributed by atoms with Crippen LogP contribution in [-0.2, 0) is 0 Å². The van der Waals surface area contributed by atoms with Gasteiger partial charge in [-0.25, -0.2) is 19.7 Å². The third-order valence-electron chi connectivity index (χ3n) is 3.02. The number of rotatable bonds is 4. The van der Waals surface area contributed by atoms with Gasteiger partial charge in [-0.2, -0.15) is 0 Å². The molecule has 0 saturated carbocycles. The summed E-state index contributed by atoms with van der Waals surface area (Å²) >= 11 is 0. The zero-order valence-electron chi connectivity index (χ0n) is 11.5. The van der Waals surface area contributed by atoms with Crippen LogP contribution in [0, 0.1) is 0 Å². The molecule has 3 rings (SSSR count). The summed E-state index contributed by atoms with van der Waals surface area (Å²) in [6.45, 7) is 0. The maximum atomic E-state index is 11.0. The van der Waals surface area contributed by atoms with Crippen LogP contribution in [0.25, 0.3) is 11.3 Å². The number of hydrogen-bond donors (Lipinski definition) is 2. The Kier molecular flexibility index (Phi) is 3.74. The van der Waals surface area contributed by atoms with Gasteiger partial charge >= 0.3 is 5.97 Å². The van der Waals surface area contributed by atoms with Crippen LogP contribution in [0.5, 0.6) is 0 Å². The summed E-state index contributed by atoms with van der Waals surface area (Å²) in [5, 5.41) is 12.1. The Labute approximate surface area is 126 Å². The third kappa shape index (κ3) is 3.06. The Morgan fingerprint density at radius 3 is 2.68 bits per heavy atom. The highest BCUT2D eigenvalue weighted by Crippen LogP contribution is 2.19. The van der Waals surface area contributed by atoms with Crippen molar-refractivity contribution in [3.05, 3.63) is 66.7 Å². The van der Waals surface area contributed by atoms with Crippen LogP contribution in [0.3, 0.4) is 0 Å². The largest absolute Gasteiger partial charge is 0.478 e. The predicted molar refractivity (Wildman–Crippen MR) is 81.9 cm³/mol. The van der Waals surface area contributed by atoms with Crippen LogP contribution in [-0.4, -0.2) is 26.0 Å². The Hall–Kier alpha value is -3.28. The number of nitrogens with one attached hydrogen (secondary N) is 1. The van der Waals surface area contributed by atoms with E-state index in [4.69, 9.17) is 5.11 Å². The first-order valence-corrected chi connectivity index (χ1v) is 6.55. The van der Waals surface area contributed by atoms with Crippen molar-refractivity contribution in [3.63, 3.8) is 0 Å². The molecule has 0 aliphatic rings. The Morgan fingerprint density at radius 2 is 2.00 bits per heavy atom. The van der Waals surface area contributed by atoms with E-state index in [0.29, 0.717) is 11.5 Å². The number of pyridine rings is 1. The molecule has 2 aromatic heterocycles. The maximum absolute atomic E-state index is 11.0. The van der Waals surface area contributed by atoms with Gasteiger partial charge in [-0.1, -0.05) is 6.07 Å². The molecule has 0 radical (unpaired) electrons. The average molecular weight is 292 g/mol. The second-order valence-electron chi connectivity index (χ2n) is 4.54. The highest BCUT2D eigenvalue weighted by molar-refractivity contribution is 5.89. The number of nitrogens with zero attached hydrogens (tertiary/aromatic N) is 3. The van der Waals surface area contributed by atoms with Crippen molar-refractivity contribution in [1.29, 1.82) is 0 Å². The van der Waals surface area contributed by atoms with Gasteiger partial charge in [-0.05, 0) is 36.4 Å². The molecule has 6 heteroatoms. The molecule has 0 spiro atoms. The molecule has 0 atom stereocenters. The summed E-state index contributed by atoms with van der Waals surface area (Å²) in [7, 11) is 0. The van der Waals surface area contributed by atoms with Gasteiger partial charge in [0.1, 0.15) is 12.1 Å². The lowest BCUT2D eigenvalue weighted by Crippen LogP contribution is -1.98. The molecule has 6 nitrogen and oxygen atoms in total. The van der Waals surface area contributed by atoms with Crippen LogP contribution < -0.4 is 5.32 Å². The second-order valence-corrected chi connectivity index (χ2v) is 4.54. The SMILES string of the molecule is O=C(O)c1cccc(Nc2ccc(-c3ccncn3)cn2)c1. The molecule has 2 N–H and O–H groups in total. The van der Waals surface area contributed by atoms with E-state index in [0.717, 1.165) is 11.3 Å². The van der Waals surface area contributed by atoms with Crippen molar-refractivity contribution >= 4 is 17.5 Å². The van der Waals surface area contributed by atoms with Gasteiger partial charge < -0.3 is 10.4 Å². The predicted octanol–water partition coefficient (Wildman–Crippen LogP) is 2.98. The van der Waals surface area contributed by atoms with Crippen molar-refractivity contribution < 1.29 is 9.90 Å². The van der Waals surface area contributed by atoms with Crippen LogP contribution in [0.15, 0.2) is 61.2 Å². The summed E-state index contributed by atoms with van der Waals surface area (Å²) in [5.74, 6) is -0.337. The van der Waals surface area contributed by atoms with Crippen molar-refractivity contribution in [2.24, 2.45) is 0 Å². The van der Waals surface area contributed by atoms with E-state index >= 15 is 0 Å². The molecule has 1 aromatic carbocycles. The van der Waals surface area contributed by atoms with Gasteiger partial charge in [0.05, 0.1) is 11.3 Å². The fraction of sp³-hybridized carbons (Fsp3) is 0. The zero-order chi connectivity index (χ0) is 15.4. The summed E-state index contributed by atoms with van der Waals surface area (Å²) in [4.78, 5) is 23.3. The van der Waals surface area contributed by atoms with Crippen LogP contribution in [0.2, 0.25) is 0 Å². The molecular formula is C16H12N4O2. The Morgan fingerprint density at radius 1 is 1.09 bits per heavy atom. The van der Waals surface area contributed by atoms with Gasteiger partial charge in [-0.3, -0.25) is 0 Å². The van der Waals surface area contributed by atoms with Gasteiger partial charge in [0, 0.05) is 23.6 Å². The fourth-order valence-electron chi connectivity index (χ4n) is 1.96. The van der Waals surface area contributed by atoms with Crippen molar-refractivity contribution in [1.82, 2.24) is 15.0 Å². The number of carboxylic acids is 1. The minimum Gasteiger partial charge on any atom is -0.478 e. The number of aromatic carboxylic acids is 1. The first kappa shape index (κ1) is 13.7. The molecule has 0 aliphatic heterocycles. The molecule has 0 saturated heterocycles. The normalized spacial score (nSPS) is 10.2. The summed E-state index contributed by atoms with van der Waals surface area (Å²) < 4.78 is 0. The Balaban J connectivity index is 1.79. The van der Waals surface area contributed by atoms with E-state index in [1.54, 1.807) is 42.7 Å². The third-order valence-corrected chi connectivity index (χ3v) is 3.02. The molecule has 0 aliphatic carbocycles. The maximum Gasteiger partial charge on any atom is 0.335 e. The number of anilines is 2. The van der Waals surface area contributed by atoms with Crippen LogP contribution in [0.1, 0.15) is 10.4 Å². The monoisotopic (exact) mass is 292 g/mol. The van der Waals surface area contributed by atoms with E-state index in [2.05, 4.69) is 20.3 Å². The van der Waals surface area contributed by atoms with Crippen LogP contribution >= 0.6 is 0 Å². The van der Waals surface area contributed by atoms with E-state index in [1.807, 2.05) is 12.1 Å². The number of carbonyl (C=O) groups is 1. The van der Waals surface area contributed by atoms with Crippen molar-refractivity contribution in [2.75, 3.05) is 5.32 Å². The van der Waals surface area contributed by atoms with E-state index in [9.17, 15) is 4.79 Å². The minimum atomic E-state index is -0.962. The van der Waals surface area contributed by atoms with Gasteiger partial charge in [0.25, 0.3) is 0 Å². The first-order valence-electron chi connectivity index (χ1n) is 6.55. The molecule has 22 heavy (non-hydrogen) atoms. The Bertz CT molecular complexity index is 789. The molecule has 0 unspecified atom stereocenters. The lowest BCUT2D eigenvalue weighted by atomic mass is 10.2. The van der Waals surface area contributed by atoms with Gasteiger partial charge in [0.15, 0.2) is 0 Å². The van der Waals surface area contributed by atoms with Gasteiger partial charge in [-0.15, -0.1) is 0 Å². The van der Waals surface area contributed by atoms with E-state index in [1.165, 1.54) is 6.33 Å². The highest BCUT2D eigenvalue weighted by atomic mass is 16.4. The topological polar surface area (TPSA) is 88.0 Å². The van der Waals surface area contributed by atoms with Crippen molar-refractivity contribution in [2.45, 2.75) is 0 Å². The number of carboxylic acid groups (broad SMARTS) is 1. The van der Waals surface area contributed by atoms with E-state index in [-0.39, 0.29) is 5.56 Å². The number of hydrogen-bond acceptors (Lipinski definition) is 5. The summed E-state index contributed by atoms with van der Waals surface area (Å²) in [6, 6.07) is 12.1. The standard InChI is InChI=1S/C16H12N4O2/c21-16(22)11-2-1-3-13(8-11)20-15-5-4-12(9-18-15)14-6-7-17-10-19-14/h1-10H,(H,18,20)(H,21,22). The fourth-order valence-corrected chi connectivity index (χ4v) is 1.96. The number of benzene rings is 1. The quantitative estimate of drug-likeness (QED) is 0.768. The van der Waals surface area contributed by atoms with E-state index < -0.39 is 5.97 Å². The molecule has 0 fully saturated rings. The molecular weight excluding hydrogens is 280 g/mol. The molecule has 0 amide bonds. The molecule has 3 aromatic rings. The first-order chi connectivity index (χ1) is 10.7. The smallest absolute Gasteiger partial charge is 0.335 e.